The summed E-state index contributed by atoms with van der Waals surface area (Å²) in [5.41, 5.74) is 3.04. The van der Waals surface area contributed by atoms with Gasteiger partial charge in [0.05, 0.1) is 18.6 Å². The molecule has 2 rings (SSSR count). The van der Waals surface area contributed by atoms with E-state index in [1.165, 1.54) is 54.0 Å². The van der Waals surface area contributed by atoms with E-state index in [0.717, 1.165) is 29.5 Å². The quantitative estimate of drug-likeness (QED) is 0.231. The fraction of sp³-hybridized carbons (Fsp3) is 0.536. The molecular weight excluding hydrogens is 451 g/mol. The molecule has 0 amide bonds. The first kappa shape index (κ1) is 28.2. The highest BCUT2D eigenvalue weighted by Crippen LogP contribution is 2.42. The lowest BCUT2D eigenvalue weighted by Crippen LogP contribution is -2.19. The van der Waals surface area contributed by atoms with Crippen LogP contribution in [0.2, 0.25) is 0 Å². The van der Waals surface area contributed by atoms with Crippen LogP contribution in [-0.2, 0) is 11.2 Å². The van der Waals surface area contributed by atoms with Crippen LogP contribution in [-0.4, -0.2) is 33.5 Å². The molecule has 0 fully saturated rings. The third-order valence-electron chi connectivity index (χ3n) is 5.87. The molecule has 6 heteroatoms. The van der Waals surface area contributed by atoms with Gasteiger partial charge < -0.3 is 15.3 Å². The average molecular weight is 491 g/mol. The summed E-state index contributed by atoms with van der Waals surface area (Å²) in [6.07, 6.45) is 9.24. The standard InChI is InChI=1S/C28H39FO4S/c1-4-5-6-7-8-9-10-25-27(20-11-13-21(29)14-12-20)24(28(34-25)19(2)3)16-15-22(30)17-23(31)18-26(32)33/h11-16,19,22-23,30-31H,4-10,17-18H2,1-3H3,(H,32,33)/b16-15+/t22-,23-/m1/s1. The molecular formula is C28H39FO4S. The van der Waals surface area contributed by atoms with Crippen molar-refractivity contribution in [1.29, 1.82) is 0 Å². The van der Waals surface area contributed by atoms with Gasteiger partial charge in [0.15, 0.2) is 0 Å². The molecule has 2 atom stereocenters. The van der Waals surface area contributed by atoms with Crippen LogP contribution in [0.4, 0.5) is 4.39 Å². The summed E-state index contributed by atoms with van der Waals surface area (Å²) < 4.78 is 13.6. The Bertz CT molecular complexity index is 917. The van der Waals surface area contributed by atoms with E-state index < -0.39 is 24.6 Å². The van der Waals surface area contributed by atoms with E-state index in [2.05, 4.69) is 20.8 Å². The smallest absolute Gasteiger partial charge is 0.305 e. The van der Waals surface area contributed by atoms with Crippen molar-refractivity contribution in [3.05, 3.63) is 51.5 Å². The van der Waals surface area contributed by atoms with Crippen molar-refractivity contribution in [2.45, 2.75) is 96.7 Å². The van der Waals surface area contributed by atoms with E-state index >= 15 is 0 Å². The number of halogens is 1. The SMILES string of the molecule is CCCCCCCCc1sc(C(C)C)c(/C=C/[C@@H](O)C[C@@H](O)CC(=O)O)c1-c1ccc(F)cc1. The predicted molar refractivity (Wildman–Crippen MR) is 139 cm³/mol. The molecule has 0 bridgehead atoms. The number of rotatable bonds is 15. The van der Waals surface area contributed by atoms with Gasteiger partial charge in [-0.25, -0.2) is 4.39 Å². The summed E-state index contributed by atoms with van der Waals surface area (Å²) in [6, 6.07) is 6.55. The molecule has 2 aromatic rings. The Morgan fingerprint density at radius 2 is 1.71 bits per heavy atom. The predicted octanol–water partition coefficient (Wildman–Crippen LogP) is 7.18. The summed E-state index contributed by atoms with van der Waals surface area (Å²) in [4.78, 5) is 13.3. The maximum absolute atomic E-state index is 13.6. The number of hydrogen-bond acceptors (Lipinski definition) is 4. The van der Waals surface area contributed by atoms with Gasteiger partial charge in [0.2, 0.25) is 0 Å². The highest BCUT2D eigenvalue weighted by atomic mass is 32.1. The van der Waals surface area contributed by atoms with Crippen LogP contribution >= 0.6 is 11.3 Å². The van der Waals surface area contributed by atoms with Gasteiger partial charge in [0.1, 0.15) is 5.82 Å². The molecule has 1 aromatic carbocycles. The number of hydrogen-bond donors (Lipinski definition) is 3. The molecule has 188 valence electrons. The normalized spacial score (nSPS) is 13.6. The van der Waals surface area contributed by atoms with Crippen LogP contribution in [0.15, 0.2) is 30.3 Å². The lowest BCUT2D eigenvalue weighted by atomic mass is 9.94. The first-order valence-electron chi connectivity index (χ1n) is 12.4. The Labute approximate surface area is 207 Å². The van der Waals surface area contributed by atoms with Crippen LogP contribution < -0.4 is 0 Å². The van der Waals surface area contributed by atoms with Crippen molar-refractivity contribution in [1.82, 2.24) is 0 Å². The first-order valence-corrected chi connectivity index (χ1v) is 13.2. The maximum Gasteiger partial charge on any atom is 0.305 e. The zero-order valence-electron chi connectivity index (χ0n) is 20.6. The molecule has 1 heterocycles. The van der Waals surface area contributed by atoms with Gasteiger partial charge in [0.25, 0.3) is 0 Å². The molecule has 0 radical (unpaired) electrons. The van der Waals surface area contributed by atoms with Gasteiger partial charge in [-0.05, 0) is 42.0 Å². The molecule has 1 aromatic heterocycles. The molecule has 34 heavy (non-hydrogen) atoms. The summed E-state index contributed by atoms with van der Waals surface area (Å²) in [7, 11) is 0. The van der Waals surface area contributed by atoms with Crippen LogP contribution in [0.3, 0.4) is 0 Å². The molecule has 3 N–H and O–H groups in total. The van der Waals surface area contributed by atoms with Crippen molar-refractivity contribution < 1.29 is 24.5 Å². The van der Waals surface area contributed by atoms with Crippen LogP contribution in [0.5, 0.6) is 0 Å². The molecule has 0 aliphatic heterocycles. The number of aliphatic carboxylic acids is 1. The first-order chi connectivity index (χ1) is 16.2. The fourth-order valence-corrected chi connectivity index (χ4v) is 5.49. The molecule has 0 saturated carbocycles. The number of unbranched alkanes of at least 4 members (excludes halogenated alkanes) is 5. The van der Waals surface area contributed by atoms with Gasteiger partial charge in [-0.15, -0.1) is 11.3 Å². The van der Waals surface area contributed by atoms with E-state index in [9.17, 15) is 19.4 Å². The highest BCUT2D eigenvalue weighted by molar-refractivity contribution is 7.13. The fourth-order valence-electron chi connectivity index (χ4n) is 4.13. The Hall–Kier alpha value is -2.02. The van der Waals surface area contributed by atoms with E-state index in [-0.39, 0.29) is 18.2 Å². The summed E-state index contributed by atoms with van der Waals surface area (Å²) >= 11 is 1.78. The number of aliphatic hydroxyl groups excluding tert-OH is 2. The van der Waals surface area contributed by atoms with Gasteiger partial charge in [-0.1, -0.05) is 77.2 Å². The molecule has 0 saturated heterocycles. The Balaban J connectivity index is 2.33. The number of aryl methyl sites for hydroxylation is 1. The Kier molecular flexibility index (Phi) is 11.9. The minimum Gasteiger partial charge on any atom is -0.481 e. The van der Waals surface area contributed by atoms with E-state index in [1.54, 1.807) is 29.5 Å². The zero-order chi connectivity index (χ0) is 25.1. The van der Waals surface area contributed by atoms with Gasteiger partial charge in [-0.3, -0.25) is 4.79 Å². The lowest BCUT2D eigenvalue weighted by molar-refractivity contribution is -0.139. The molecule has 0 aliphatic rings. The van der Waals surface area contributed by atoms with Crippen molar-refractivity contribution >= 4 is 23.4 Å². The van der Waals surface area contributed by atoms with Crippen LogP contribution in [0.1, 0.15) is 93.4 Å². The second-order valence-corrected chi connectivity index (χ2v) is 10.4. The number of aliphatic hydroxyl groups is 2. The number of carboxylic acids is 1. The number of benzene rings is 1. The van der Waals surface area contributed by atoms with Gasteiger partial charge in [-0.2, -0.15) is 0 Å². The monoisotopic (exact) mass is 490 g/mol. The second kappa shape index (κ2) is 14.4. The van der Waals surface area contributed by atoms with E-state index in [0.29, 0.717) is 0 Å². The van der Waals surface area contributed by atoms with Crippen molar-refractivity contribution in [3.63, 3.8) is 0 Å². The topological polar surface area (TPSA) is 77.8 Å². The Morgan fingerprint density at radius 3 is 2.32 bits per heavy atom. The number of carbonyl (C=O) groups is 1. The Morgan fingerprint density at radius 1 is 1.06 bits per heavy atom. The van der Waals surface area contributed by atoms with Crippen LogP contribution in [0.25, 0.3) is 17.2 Å². The van der Waals surface area contributed by atoms with E-state index in [1.807, 2.05) is 6.08 Å². The molecule has 4 nitrogen and oxygen atoms in total. The van der Waals surface area contributed by atoms with Crippen molar-refractivity contribution in [2.24, 2.45) is 0 Å². The maximum atomic E-state index is 13.6. The van der Waals surface area contributed by atoms with Crippen LogP contribution in [0, 0.1) is 5.82 Å². The van der Waals surface area contributed by atoms with Crippen molar-refractivity contribution in [2.75, 3.05) is 0 Å². The number of thiophene rings is 1. The third-order valence-corrected chi connectivity index (χ3v) is 7.44. The minimum absolute atomic E-state index is 0.0412. The average Bonchev–Trinajstić information content (AvgIpc) is 3.13. The summed E-state index contributed by atoms with van der Waals surface area (Å²) in [5.74, 6) is -1.10. The molecule has 0 spiro atoms. The largest absolute Gasteiger partial charge is 0.481 e. The number of carboxylic acid groups (broad SMARTS) is 1. The lowest BCUT2D eigenvalue weighted by Gasteiger charge is -2.12. The van der Waals surface area contributed by atoms with E-state index in [4.69, 9.17) is 5.11 Å². The van der Waals surface area contributed by atoms with Crippen molar-refractivity contribution in [3.8, 4) is 11.1 Å². The second-order valence-electron chi connectivity index (χ2n) is 9.27. The zero-order valence-corrected chi connectivity index (χ0v) is 21.4. The third kappa shape index (κ3) is 8.97. The summed E-state index contributed by atoms with van der Waals surface area (Å²) in [5, 5.41) is 29.1. The summed E-state index contributed by atoms with van der Waals surface area (Å²) in [6.45, 7) is 6.49. The minimum atomic E-state index is -1.11. The highest BCUT2D eigenvalue weighted by Gasteiger charge is 2.20. The molecule has 0 unspecified atom stereocenters. The van der Waals surface area contributed by atoms with Gasteiger partial charge >= 0.3 is 5.97 Å². The molecule has 0 aliphatic carbocycles. The van der Waals surface area contributed by atoms with Gasteiger partial charge in [0, 0.05) is 21.7 Å².